The Kier molecular flexibility index (Phi) is 4.31. The van der Waals surface area contributed by atoms with Crippen molar-refractivity contribution in [1.82, 2.24) is 9.97 Å². The Morgan fingerprint density at radius 3 is 2.73 bits per heavy atom. The van der Waals surface area contributed by atoms with Crippen LogP contribution in [-0.2, 0) is 0 Å². The lowest BCUT2D eigenvalue weighted by molar-refractivity contribution is 0.0486. The Bertz CT molecular complexity index is 644. The summed E-state index contributed by atoms with van der Waals surface area (Å²) < 4.78 is 5.77. The number of aliphatic hydroxyl groups excluding tert-OH is 1. The SMILES string of the molecule is Nc1ncc(Oc2ccc(Cl)cc2)c(NC[C@H]2C[C@@H](O)C2)n1. The zero-order valence-corrected chi connectivity index (χ0v) is 12.6. The van der Waals surface area contributed by atoms with E-state index in [2.05, 4.69) is 15.3 Å². The van der Waals surface area contributed by atoms with Crippen LogP contribution >= 0.6 is 11.6 Å². The molecule has 1 aromatic heterocycles. The summed E-state index contributed by atoms with van der Waals surface area (Å²) in [5.41, 5.74) is 5.64. The van der Waals surface area contributed by atoms with Crippen molar-refractivity contribution in [1.29, 1.82) is 0 Å². The van der Waals surface area contributed by atoms with Gasteiger partial charge in [0.05, 0.1) is 12.3 Å². The number of nitrogen functional groups attached to an aromatic ring is 1. The third kappa shape index (κ3) is 3.58. The van der Waals surface area contributed by atoms with Crippen molar-refractivity contribution in [3.63, 3.8) is 0 Å². The van der Waals surface area contributed by atoms with Gasteiger partial charge in [0, 0.05) is 11.6 Å². The van der Waals surface area contributed by atoms with Crippen molar-refractivity contribution in [3.05, 3.63) is 35.5 Å². The van der Waals surface area contributed by atoms with Crippen LogP contribution in [0.5, 0.6) is 11.5 Å². The molecular weight excluding hydrogens is 304 g/mol. The van der Waals surface area contributed by atoms with Gasteiger partial charge in [-0.25, -0.2) is 4.98 Å². The number of rotatable bonds is 5. The smallest absolute Gasteiger partial charge is 0.222 e. The van der Waals surface area contributed by atoms with Gasteiger partial charge < -0.3 is 20.9 Å². The van der Waals surface area contributed by atoms with Crippen LogP contribution in [0.15, 0.2) is 30.5 Å². The summed E-state index contributed by atoms with van der Waals surface area (Å²) in [6, 6.07) is 7.03. The molecule has 2 aromatic rings. The molecule has 4 N–H and O–H groups in total. The van der Waals surface area contributed by atoms with Crippen LogP contribution in [0.3, 0.4) is 0 Å². The van der Waals surface area contributed by atoms with Crippen LogP contribution in [0.2, 0.25) is 5.02 Å². The van der Waals surface area contributed by atoms with E-state index in [1.54, 1.807) is 24.3 Å². The van der Waals surface area contributed by atoms with Gasteiger partial charge in [-0.2, -0.15) is 4.98 Å². The highest BCUT2D eigenvalue weighted by molar-refractivity contribution is 6.30. The molecule has 0 aliphatic heterocycles. The predicted molar refractivity (Wildman–Crippen MR) is 85.2 cm³/mol. The fraction of sp³-hybridized carbons (Fsp3) is 0.333. The Morgan fingerprint density at radius 2 is 2.05 bits per heavy atom. The van der Waals surface area contributed by atoms with Crippen molar-refractivity contribution in [2.75, 3.05) is 17.6 Å². The first-order valence-electron chi connectivity index (χ1n) is 7.08. The molecule has 1 saturated carbocycles. The van der Waals surface area contributed by atoms with Gasteiger partial charge in [-0.05, 0) is 43.0 Å². The van der Waals surface area contributed by atoms with Gasteiger partial charge in [0.1, 0.15) is 5.75 Å². The van der Waals surface area contributed by atoms with E-state index in [9.17, 15) is 5.11 Å². The zero-order valence-electron chi connectivity index (χ0n) is 11.9. The second kappa shape index (κ2) is 6.37. The summed E-state index contributed by atoms with van der Waals surface area (Å²) in [5.74, 6) is 2.30. The van der Waals surface area contributed by atoms with Gasteiger partial charge in [0.25, 0.3) is 0 Å². The number of anilines is 2. The molecule has 0 bridgehead atoms. The highest BCUT2D eigenvalue weighted by Crippen LogP contribution is 2.31. The van der Waals surface area contributed by atoms with E-state index < -0.39 is 0 Å². The first kappa shape index (κ1) is 14.9. The number of ether oxygens (including phenoxy) is 1. The monoisotopic (exact) mass is 320 g/mol. The molecule has 0 radical (unpaired) electrons. The Morgan fingerprint density at radius 1 is 1.32 bits per heavy atom. The second-order valence-electron chi connectivity index (χ2n) is 5.37. The number of aliphatic hydroxyl groups is 1. The number of hydrogen-bond acceptors (Lipinski definition) is 6. The lowest BCUT2D eigenvalue weighted by Gasteiger charge is -2.31. The van der Waals surface area contributed by atoms with E-state index >= 15 is 0 Å². The van der Waals surface area contributed by atoms with Gasteiger partial charge >= 0.3 is 0 Å². The molecule has 0 amide bonds. The molecule has 1 aliphatic carbocycles. The van der Waals surface area contributed by atoms with Crippen molar-refractivity contribution >= 4 is 23.4 Å². The third-order valence-electron chi connectivity index (χ3n) is 3.58. The minimum atomic E-state index is -0.174. The third-order valence-corrected chi connectivity index (χ3v) is 3.84. The molecular formula is C15H17ClN4O2. The maximum atomic E-state index is 9.32. The maximum absolute atomic E-state index is 9.32. The van der Waals surface area contributed by atoms with Crippen LogP contribution in [0, 0.1) is 5.92 Å². The van der Waals surface area contributed by atoms with Crippen molar-refractivity contribution in [2.45, 2.75) is 18.9 Å². The average Bonchev–Trinajstić information content (AvgIpc) is 2.47. The minimum Gasteiger partial charge on any atom is -0.452 e. The van der Waals surface area contributed by atoms with Crippen molar-refractivity contribution < 1.29 is 9.84 Å². The molecule has 0 spiro atoms. The second-order valence-corrected chi connectivity index (χ2v) is 5.81. The summed E-state index contributed by atoms with van der Waals surface area (Å²) in [4.78, 5) is 8.14. The predicted octanol–water partition coefficient (Wildman–Crippen LogP) is 2.69. The number of benzene rings is 1. The number of hydrogen-bond donors (Lipinski definition) is 3. The van der Waals surface area contributed by atoms with Crippen LogP contribution in [0.1, 0.15) is 12.8 Å². The number of aromatic nitrogens is 2. The molecule has 1 fully saturated rings. The van der Waals surface area contributed by atoms with Crippen LogP contribution in [0.4, 0.5) is 11.8 Å². The molecule has 1 aromatic carbocycles. The molecule has 3 rings (SSSR count). The lowest BCUT2D eigenvalue weighted by atomic mass is 9.82. The normalized spacial score (nSPS) is 20.3. The van der Waals surface area contributed by atoms with Gasteiger partial charge in [0.15, 0.2) is 11.6 Å². The van der Waals surface area contributed by atoms with E-state index in [0.717, 1.165) is 12.8 Å². The van der Waals surface area contributed by atoms with E-state index in [4.69, 9.17) is 22.1 Å². The Hall–Kier alpha value is -2.05. The van der Waals surface area contributed by atoms with E-state index in [1.807, 2.05) is 0 Å². The van der Waals surface area contributed by atoms with Crippen LogP contribution in [0.25, 0.3) is 0 Å². The minimum absolute atomic E-state index is 0.174. The number of nitrogens with zero attached hydrogens (tertiary/aromatic N) is 2. The highest BCUT2D eigenvalue weighted by Gasteiger charge is 2.27. The van der Waals surface area contributed by atoms with Crippen molar-refractivity contribution in [3.8, 4) is 11.5 Å². The molecule has 116 valence electrons. The molecule has 1 heterocycles. The molecule has 6 nitrogen and oxygen atoms in total. The maximum Gasteiger partial charge on any atom is 0.222 e. The summed E-state index contributed by atoms with van der Waals surface area (Å²) in [6.07, 6.45) is 2.98. The van der Waals surface area contributed by atoms with E-state index in [1.165, 1.54) is 6.20 Å². The number of halogens is 1. The van der Waals surface area contributed by atoms with Gasteiger partial charge in [-0.1, -0.05) is 11.6 Å². The topological polar surface area (TPSA) is 93.3 Å². The van der Waals surface area contributed by atoms with Crippen LogP contribution < -0.4 is 15.8 Å². The zero-order chi connectivity index (χ0) is 15.5. The lowest BCUT2D eigenvalue weighted by Crippen LogP contribution is -2.33. The Labute approximate surface area is 133 Å². The first-order chi connectivity index (χ1) is 10.6. The largest absolute Gasteiger partial charge is 0.452 e. The fourth-order valence-electron chi connectivity index (χ4n) is 2.32. The van der Waals surface area contributed by atoms with E-state index in [0.29, 0.717) is 34.8 Å². The highest BCUT2D eigenvalue weighted by atomic mass is 35.5. The average molecular weight is 321 g/mol. The standard InChI is InChI=1S/C15H17ClN4O2/c16-10-1-3-12(4-2-10)22-13-8-19-15(17)20-14(13)18-7-9-5-11(21)6-9/h1-4,8-9,11,21H,5-7H2,(H3,17,18,19,20)/t9-,11+. The molecule has 0 atom stereocenters. The first-order valence-corrected chi connectivity index (χ1v) is 7.46. The molecule has 22 heavy (non-hydrogen) atoms. The number of nitrogens with two attached hydrogens (primary N) is 1. The molecule has 0 unspecified atom stereocenters. The summed E-state index contributed by atoms with van der Waals surface area (Å²) in [6.45, 7) is 0.713. The van der Waals surface area contributed by atoms with Gasteiger partial charge in [-0.15, -0.1) is 0 Å². The van der Waals surface area contributed by atoms with Crippen LogP contribution in [-0.4, -0.2) is 27.7 Å². The summed E-state index contributed by atoms with van der Waals surface area (Å²) >= 11 is 5.86. The molecule has 0 saturated heterocycles. The van der Waals surface area contributed by atoms with Gasteiger partial charge in [-0.3, -0.25) is 0 Å². The number of nitrogens with one attached hydrogen (secondary N) is 1. The van der Waals surface area contributed by atoms with E-state index in [-0.39, 0.29) is 12.1 Å². The Balaban J connectivity index is 1.70. The van der Waals surface area contributed by atoms with Gasteiger partial charge in [0.2, 0.25) is 5.95 Å². The summed E-state index contributed by atoms with van der Waals surface area (Å²) in [5, 5.41) is 13.2. The quantitative estimate of drug-likeness (QED) is 0.784. The molecule has 1 aliphatic rings. The van der Waals surface area contributed by atoms with Crippen molar-refractivity contribution in [2.24, 2.45) is 5.92 Å². The fourth-order valence-corrected chi connectivity index (χ4v) is 2.45. The molecule has 7 heteroatoms. The summed E-state index contributed by atoms with van der Waals surface area (Å²) in [7, 11) is 0.